The molecule has 0 saturated carbocycles. The Balaban J connectivity index is 1.48. The van der Waals surface area contributed by atoms with E-state index in [2.05, 4.69) is 26.2 Å². The molecular weight excluding hydrogens is 356 g/mol. The van der Waals surface area contributed by atoms with Gasteiger partial charge in [-0.25, -0.2) is 9.48 Å². The summed E-state index contributed by atoms with van der Waals surface area (Å²) in [5, 5.41) is 17.8. The highest BCUT2D eigenvalue weighted by Gasteiger charge is 2.22. The molecule has 0 radical (unpaired) electrons. The Morgan fingerprint density at radius 3 is 2.82 bits per heavy atom. The molecule has 0 aliphatic carbocycles. The van der Waals surface area contributed by atoms with E-state index >= 15 is 0 Å². The first kappa shape index (κ1) is 18.0. The van der Waals surface area contributed by atoms with Crippen LogP contribution in [-0.4, -0.2) is 38.9 Å². The normalized spacial score (nSPS) is 15.6. The third kappa shape index (κ3) is 3.66. The molecule has 1 unspecified atom stereocenters. The van der Waals surface area contributed by atoms with Crippen LogP contribution in [0.3, 0.4) is 0 Å². The standard InChI is InChI=1S/C20H22N6O2/c1-13(2)26-19(23-24-25-26)16-8-4-5-9-17(16)22-20(27)21-15-11-14-7-3-6-10-18(14)28-12-15/h3-10,13,15H,11-12H2,1-2H3,(H2,21,22,27). The number of ether oxygens (including phenoxy) is 1. The van der Waals surface area contributed by atoms with E-state index in [9.17, 15) is 4.79 Å². The first-order chi connectivity index (χ1) is 13.6. The molecule has 8 nitrogen and oxygen atoms in total. The molecule has 8 heteroatoms. The lowest BCUT2D eigenvalue weighted by molar-refractivity contribution is 0.222. The van der Waals surface area contributed by atoms with Gasteiger partial charge in [-0.1, -0.05) is 30.3 Å². The van der Waals surface area contributed by atoms with E-state index in [4.69, 9.17) is 4.74 Å². The third-order valence-electron chi connectivity index (χ3n) is 4.61. The molecule has 1 aliphatic rings. The number of anilines is 1. The van der Waals surface area contributed by atoms with E-state index in [1.165, 1.54) is 0 Å². The molecule has 3 aromatic rings. The van der Waals surface area contributed by atoms with Crippen molar-refractivity contribution in [2.24, 2.45) is 0 Å². The number of urea groups is 1. The Morgan fingerprint density at radius 2 is 1.96 bits per heavy atom. The van der Waals surface area contributed by atoms with E-state index in [-0.39, 0.29) is 18.1 Å². The summed E-state index contributed by atoms with van der Waals surface area (Å²) in [7, 11) is 0. The number of nitrogens with one attached hydrogen (secondary N) is 2. The van der Waals surface area contributed by atoms with Gasteiger partial charge < -0.3 is 15.4 Å². The summed E-state index contributed by atoms with van der Waals surface area (Å²) >= 11 is 0. The van der Waals surface area contributed by atoms with Crippen molar-refractivity contribution in [3.05, 3.63) is 54.1 Å². The molecule has 1 aromatic heterocycles. The van der Waals surface area contributed by atoms with Gasteiger partial charge in [0, 0.05) is 5.56 Å². The van der Waals surface area contributed by atoms with E-state index in [1.54, 1.807) is 4.68 Å². The molecule has 2 aromatic carbocycles. The Hall–Kier alpha value is -3.42. The number of hydrogen-bond donors (Lipinski definition) is 2. The first-order valence-corrected chi connectivity index (χ1v) is 9.27. The van der Waals surface area contributed by atoms with Crippen LogP contribution >= 0.6 is 0 Å². The highest BCUT2D eigenvalue weighted by molar-refractivity contribution is 5.93. The number of benzene rings is 2. The highest BCUT2D eigenvalue weighted by atomic mass is 16.5. The number of carbonyl (C=O) groups is 1. The highest BCUT2D eigenvalue weighted by Crippen LogP contribution is 2.27. The molecular formula is C20H22N6O2. The number of fused-ring (bicyclic) bond motifs is 1. The molecule has 4 rings (SSSR count). The number of para-hydroxylation sites is 2. The summed E-state index contributed by atoms with van der Waals surface area (Å²) in [6.07, 6.45) is 0.733. The minimum atomic E-state index is -0.288. The van der Waals surface area contributed by atoms with Crippen molar-refractivity contribution >= 4 is 11.7 Å². The van der Waals surface area contributed by atoms with Crippen LogP contribution in [0.4, 0.5) is 10.5 Å². The van der Waals surface area contributed by atoms with Crippen LogP contribution in [0.25, 0.3) is 11.4 Å². The number of tetrazole rings is 1. The zero-order chi connectivity index (χ0) is 19.5. The molecule has 2 N–H and O–H groups in total. The fraction of sp³-hybridized carbons (Fsp3) is 0.300. The van der Waals surface area contributed by atoms with Gasteiger partial charge in [0.25, 0.3) is 0 Å². The van der Waals surface area contributed by atoms with Crippen LogP contribution in [0.2, 0.25) is 0 Å². The van der Waals surface area contributed by atoms with Crippen LogP contribution < -0.4 is 15.4 Å². The van der Waals surface area contributed by atoms with Gasteiger partial charge in [-0.05, 0) is 54.5 Å². The van der Waals surface area contributed by atoms with Gasteiger partial charge in [-0.3, -0.25) is 0 Å². The van der Waals surface area contributed by atoms with Crippen molar-refractivity contribution in [1.82, 2.24) is 25.5 Å². The molecule has 2 heterocycles. The minimum Gasteiger partial charge on any atom is -0.491 e. The van der Waals surface area contributed by atoms with Gasteiger partial charge in [-0.15, -0.1) is 5.10 Å². The van der Waals surface area contributed by atoms with Gasteiger partial charge in [0.15, 0.2) is 5.82 Å². The zero-order valence-electron chi connectivity index (χ0n) is 15.8. The average Bonchev–Trinajstić information content (AvgIpc) is 3.18. The quantitative estimate of drug-likeness (QED) is 0.728. The summed E-state index contributed by atoms with van der Waals surface area (Å²) in [4.78, 5) is 12.6. The monoisotopic (exact) mass is 378 g/mol. The van der Waals surface area contributed by atoms with Crippen molar-refractivity contribution in [3.8, 4) is 17.1 Å². The maximum atomic E-state index is 12.6. The van der Waals surface area contributed by atoms with Gasteiger partial charge in [0.2, 0.25) is 0 Å². The van der Waals surface area contributed by atoms with Crippen molar-refractivity contribution in [3.63, 3.8) is 0 Å². The topological polar surface area (TPSA) is 94.0 Å². The lowest BCUT2D eigenvalue weighted by Gasteiger charge is -2.26. The summed E-state index contributed by atoms with van der Waals surface area (Å²) in [6.45, 7) is 4.45. The smallest absolute Gasteiger partial charge is 0.319 e. The summed E-state index contributed by atoms with van der Waals surface area (Å²) in [5.74, 6) is 1.49. The maximum Gasteiger partial charge on any atom is 0.319 e. The Morgan fingerprint density at radius 1 is 1.18 bits per heavy atom. The largest absolute Gasteiger partial charge is 0.491 e. The molecule has 2 amide bonds. The van der Waals surface area contributed by atoms with Gasteiger partial charge in [0.05, 0.1) is 17.8 Å². The summed E-state index contributed by atoms with van der Waals surface area (Å²) in [5.41, 5.74) is 2.51. The first-order valence-electron chi connectivity index (χ1n) is 9.27. The van der Waals surface area contributed by atoms with Gasteiger partial charge in [-0.2, -0.15) is 0 Å². The lowest BCUT2D eigenvalue weighted by Crippen LogP contribution is -2.44. The summed E-state index contributed by atoms with van der Waals surface area (Å²) in [6, 6.07) is 15.1. The van der Waals surface area contributed by atoms with E-state index in [1.807, 2.05) is 62.4 Å². The molecule has 144 valence electrons. The van der Waals surface area contributed by atoms with E-state index in [0.29, 0.717) is 18.1 Å². The maximum absolute atomic E-state index is 12.6. The van der Waals surface area contributed by atoms with Crippen molar-refractivity contribution in [2.45, 2.75) is 32.4 Å². The molecule has 0 saturated heterocycles. The van der Waals surface area contributed by atoms with Crippen molar-refractivity contribution in [2.75, 3.05) is 11.9 Å². The Labute approximate surface area is 162 Å². The minimum absolute atomic E-state index is 0.0944. The lowest BCUT2D eigenvalue weighted by atomic mass is 10.0. The van der Waals surface area contributed by atoms with Crippen LogP contribution in [0, 0.1) is 0 Å². The number of carbonyl (C=O) groups excluding carboxylic acids is 1. The Kier molecular flexibility index (Phi) is 4.92. The molecule has 0 spiro atoms. The number of nitrogens with zero attached hydrogens (tertiary/aromatic N) is 4. The molecule has 0 fully saturated rings. The zero-order valence-corrected chi connectivity index (χ0v) is 15.8. The van der Waals surface area contributed by atoms with Crippen molar-refractivity contribution in [1.29, 1.82) is 0 Å². The van der Waals surface area contributed by atoms with Gasteiger partial charge in [0.1, 0.15) is 12.4 Å². The second kappa shape index (κ2) is 7.67. The second-order valence-electron chi connectivity index (χ2n) is 7.00. The Bertz CT molecular complexity index is 984. The molecule has 28 heavy (non-hydrogen) atoms. The van der Waals surface area contributed by atoms with E-state index < -0.39 is 0 Å². The number of amides is 2. The van der Waals surface area contributed by atoms with Crippen LogP contribution in [0.15, 0.2) is 48.5 Å². The number of aromatic nitrogens is 4. The van der Waals surface area contributed by atoms with Crippen LogP contribution in [0.5, 0.6) is 5.75 Å². The fourth-order valence-electron chi connectivity index (χ4n) is 3.27. The van der Waals surface area contributed by atoms with Crippen LogP contribution in [-0.2, 0) is 6.42 Å². The van der Waals surface area contributed by atoms with Crippen molar-refractivity contribution < 1.29 is 9.53 Å². The molecule has 1 aliphatic heterocycles. The predicted octanol–water partition coefficient (Wildman–Crippen LogP) is 3.05. The average molecular weight is 378 g/mol. The number of rotatable bonds is 4. The molecule has 1 atom stereocenters. The second-order valence-corrected chi connectivity index (χ2v) is 7.00. The predicted molar refractivity (Wildman–Crippen MR) is 105 cm³/mol. The van der Waals surface area contributed by atoms with Gasteiger partial charge >= 0.3 is 6.03 Å². The van der Waals surface area contributed by atoms with E-state index in [0.717, 1.165) is 23.3 Å². The SMILES string of the molecule is CC(C)n1nnnc1-c1ccccc1NC(=O)NC1COc2ccccc2C1. The fourth-order valence-corrected chi connectivity index (χ4v) is 3.27. The number of hydrogen-bond acceptors (Lipinski definition) is 5. The third-order valence-corrected chi connectivity index (χ3v) is 4.61. The molecule has 0 bridgehead atoms. The summed E-state index contributed by atoms with van der Waals surface area (Å²) < 4.78 is 7.47. The van der Waals surface area contributed by atoms with Crippen LogP contribution in [0.1, 0.15) is 25.5 Å².